The molecule has 0 saturated carbocycles. The number of ether oxygens (including phenoxy) is 2. The predicted octanol–water partition coefficient (Wildman–Crippen LogP) is 0.0955. The van der Waals surface area contributed by atoms with Crippen molar-refractivity contribution in [3.05, 3.63) is 0 Å². The highest BCUT2D eigenvalue weighted by Crippen LogP contribution is 2.16. The number of hydrogen-bond donors (Lipinski definition) is 1. The van der Waals surface area contributed by atoms with E-state index in [1.807, 2.05) is 18.7 Å². The molecular weight excluding hydrogens is 272 g/mol. The molecular formula is C15H28N2O4. The van der Waals surface area contributed by atoms with Crippen LogP contribution >= 0.6 is 0 Å². The summed E-state index contributed by atoms with van der Waals surface area (Å²) in [5.41, 5.74) is 0. The highest BCUT2D eigenvalue weighted by atomic mass is 16.5. The maximum atomic E-state index is 12.2. The Labute approximate surface area is 127 Å². The molecule has 0 aromatic carbocycles. The molecule has 0 aromatic heterocycles. The normalized spacial score (nSPS) is 25.5. The third kappa shape index (κ3) is 5.21. The van der Waals surface area contributed by atoms with Crippen LogP contribution < -0.4 is 0 Å². The molecule has 0 bridgehead atoms. The van der Waals surface area contributed by atoms with Gasteiger partial charge in [0, 0.05) is 39.3 Å². The molecule has 1 amide bonds. The minimum Gasteiger partial charge on any atom is -0.389 e. The number of aliphatic hydroxyl groups excluding tert-OH is 1. The average molecular weight is 300 g/mol. The monoisotopic (exact) mass is 300 g/mol. The Balaban J connectivity index is 1.66. The molecule has 21 heavy (non-hydrogen) atoms. The van der Waals surface area contributed by atoms with Crippen LogP contribution in [0.15, 0.2) is 0 Å². The summed E-state index contributed by atoms with van der Waals surface area (Å²) in [4.78, 5) is 16.3. The molecule has 0 aromatic rings. The first-order valence-corrected chi connectivity index (χ1v) is 7.98. The molecule has 6 heteroatoms. The summed E-state index contributed by atoms with van der Waals surface area (Å²) in [5, 5.41) is 9.93. The zero-order chi connectivity index (χ0) is 15.2. The summed E-state index contributed by atoms with van der Waals surface area (Å²) < 4.78 is 10.9. The number of nitrogens with zero attached hydrogens (tertiary/aromatic N) is 2. The molecule has 6 nitrogen and oxygen atoms in total. The van der Waals surface area contributed by atoms with Gasteiger partial charge < -0.3 is 19.5 Å². The first-order chi connectivity index (χ1) is 10.1. The largest absolute Gasteiger partial charge is 0.389 e. The van der Waals surface area contributed by atoms with E-state index in [0.717, 1.165) is 39.0 Å². The Morgan fingerprint density at radius 2 is 2.05 bits per heavy atom. The van der Waals surface area contributed by atoms with Gasteiger partial charge in [0.15, 0.2) is 0 Å². The van der Waals surface area contributed by atoms with Gasteiger partial charge in [0.25, 0.3) is 5.91 Å². The van der Waals surface area contributed by atoms with E-state index in [0.29, 0.717) is 19.8 Å². The van der Waals surface area contributed by atoms with E-state index in [4.69, 9.17) is 9.47 Å². The number of carbonyl (C=O) groups excluding carboxylic acids is 1. The lowest BCUT2D eigenvalue weighted by Crippen LogP contribution is -2.53. The second kappa shape index (κ2) is 8.08. The van der Waals surface area contributed by atoms with E-state index < -0.39 is 6.10 Å². The lowest BCUT2D eigenvalue weighted by Gasteiger charge is -2.36. The fourth-order valence-electron chi connectivity index (χ4n) is 2.78. The summed E-state index contributed by atoms with van der Waals surface area (Å²) >= 11 is 0. The van der Waals surface area contributed by atoms with Crippen LogP contribution in [0.1, 0.15) is 26.7 Å². The highest BCUT2D eigenvalue weighted by Gasteiger charge is 2.30. The number of aliphatic hydroxyl groups is 1. The quantitative estimate of drug-likeness (QED) is 0.753. The third-order valence-electron chi connectivity index (χ3n) is 3.98. The number of carbonyl (C=O) groups is 1. The van der Waals surface area contributed by atoms with Crippen molar-refractivity contribution in [1.82, 2.24) is 9.80 Å². The summed E-state index contributed by atoms with van der Waals surface area (Å²) in [6, 6.07) is 0. The Kier molecular flexibility index (Phi) is 6.41. The number of amides is 1. The second-order valence-electron chi connectivity index (χ2n) is 6.16. The smallest absolute Gasteiger partial charge is 0.251 e. The van der Waals surface area contributed by atoms with E-state index in [1.165, 1.54) is 0 Å². The fourth-order valence-corrected chi connectivity index (χ4v) is 2.78. The molecule has 0 spiro atoms. The van der Waals surface area contributed by atoms with Crippen LogP contribution in [-0.4, -0.2) is 85.1 Å². The van der Waals surface area contributed by atoms with Crippen molar-refractivity contribution in [3.8, 4) is 0 Å². The van der Waals surface area contributed by atoms with Crippen LogP contribution in [0.25, 0.3) is 0 Å². The Morgan fingerprint density at radius 3 is 2.62 bits per heavy atom. The summed E-state index contributed by atoms with van der Waals surface area (Å²) in [6.07, 6.45) is 1.29. The zero-order valence-electron chi connectivity index (χ0n) is 13.2. The number of rotatable bonds is 6. The van der Waals surface area contributed by atoms with Crippen LogP contribution in [0, 0.1) is 0 Å². The van der Waals surface area contributed by atoms with Crippen LogP contribution in [0.5, 0.6) is 0 Å². The Morgan fingerprint density at radius 1 is 1.33 bits per heavy atom. The Hall–Kier alpha value is -0.690. The van der Waals surface area contributed by atoms with Gasteiger partial charge in [-0.1, -0.05) is 0 Å². The molecule has 2 rings (SSSR count). The minimum atomic E-state index is -0.465. The SMILES string of the molecule is CC(C)OCC(O)CN1CCN(C(=O)C2CCCO2)CC1. The molecule has 1 N–H and O–H groups in total. The minimum absolute atomic E-state index is 0.135. The van der Waals surface area contributed by atoms with Crippen LogP contribution in [0.4, 0.5) is 0 Å². The lowest BCUT2D eigenvalue weighted by atomic mass is 10.2. The van der Waals surface area contributed by atoms with Gasteiger partial charge in [0.1, 0.15) is 6.10 Å². The van der Waals surface area contributed by atoms with Crippen molar-refractivity contribution < 1.29 is 19.4 Å². The third-order valence-corrected chi connectivity index (χ3v) is 3.98. The van der Waals surface area contributed by atoms with Gasteiger partial charge in [-0.3, -0.25) is 9.69 Å². The van der Waals surface area contributed by atoms with E-state index in [1.54, 1.807) is 0 Å². The molecule has 2 fully saturated rings. The van der Waals surface area contributed by atoms with Gasteiger partial charge in [-0.15, -0.1) is 0 Å². The Bertz CT molecular complexity index is 324. The van der Waals surface area contributed by atoms with Crippen molar-refractivity contribution in [1.29, 1.82) is 0 Å². The lowest BCUT2D eigenvalue weighted by molar-refractivity contribution is -0.142. The number of piperazine rings is 1. The van der Waals surface area contributed by atoms with E-state index in [9.17, 15) is 9.90 Å². The van der Waals surface area contributed by atoms with Gasteiger partial charge in [-0.2, -0.15) is 0 Å². The highest BCUT2D eigenvalue weighted by molar-refractivity contribution is 5.81. The van der Waals surface area contributed by atoms with E-state index >= 15 is 0 Å². The summed E-state index contributed by atoms with van der Waals surface area (Å²) in [6.45, 7) is 8.64. The van der Waals surface area contributed by atoms with Gasteiger partial charge in [0.2, 0.25) is 0 Å². The molecule has 0 radical (unpaired) electrons. The fraction of sp³-hybridized carbons (Fsp3) is 0.933. The molecule has 122 valence electrons. The van der Waals surface area contributed by atoms with E-state index in [2.05, 4.69) is 4.90 Å². The van der Waals surface area contributed by atoms with Gasteiger partial charge >= 0.3 is 0 Å². The molecule has 2 atom stereocenters. The predicted molar refractivity (Wildman–Crippen MR) is 79.1 cm³/mol. The standard InChI is InChI=1S/C15H28N2O4/c1-12(2)21-11-13(18)10-16-5-7-17(8-6-16)15(19)14-4-3-9-20-14/h12-14,18H,3-11H2,1-2H3. The van der Waals surface area contributed by atoms with Gasteiger partial charge in [-0.05, 0) is 26.7 Å². The zero-order valence-corrected chi connectivity index (χ0v) is 13.2. The molecule has 2 aliphatic rings. The van der Waals surface area contributed by atoms with Crippen molar-refractivity contribution in [2.45, 2.75) is 45.0 Å². The first-order valence-electron chi connectivity index (χ1n) is 7.98. The molecule has 2 unspecified atom stereocenters. The summed E-state index contributed by atoms with van der Waals surface area (Å²) in [5.74, 6) is 0.135. The van der Waals surface area contributed by atoms with Crippen molar-refractivity contribution in [2.24, 2.45) is 0 Å². The maximum Gasteiger partial charge on any atom is 0.251 e. The van der Waals surface area contributed by atoms with Crippen LogP contribution in [0.3, 0.4) is 0 Å². The molecule has 0 aliphatic carbocycles. The molecule has 2 saturated heterocycles. The first kappa shape index (κ1) is 16.7. The van der Waals surface area contributed by atoms with Crippen molar-refractivity contribution >= 4 is 5.91 Å². The maximum absolute atomic E-state index is 12.2. The van der Waals surface area contributed by atoms with Crippen molar-refractivity contribution in [3.63, 3.8) is 0 Å². The molecule has 2 aliphatic heterocycles. The second-order valence-corrected chi connectivity index (χ2v) is 6.16. The van der Waals surface area contributed by atoms with Gasteiger partial charge in [-0.25, -0.2) is 0 Å². The van der Waals surface area contributed by atoms with Crippen molar-refractivity contribution in [2.75, 3.05) is 45.9 Å². The topological polar surface area (TPSA) is 62.2 Å². The van der Waals surface area contributed by atoms with Crippen LogP contribution in [0.2, 0.25) is 0 Å². The van der Waals surface area contributed by atoms with E-state index in [-0.39, 0.29) is 18.1 Å². The van der Waals surface area contributed by atoms with Crippen LogP contribution in [-0.2, 0) is 14.3 Å². The molecule has 2 heterocycles. The summed E-state index contributed by atoms with van der Waals surface area (Å²) in [7, 11) is 0. The van der Waals surface area contributed by atoms with Gasteiger partial charge in [0.05, 0.1) is 18.8 Å². The number of β-amino-alcohol motifs (C(OH)–C–C–N with tert-alkyl or cyclic N) is 1. The average Bonchev–Trinajstić information content (AvgIpc) is 2.99. The number of hydrogen-bond acceptors (Lipinski definition) is 5.